The molecular formula is C24H27FN2O2. The summed E-state index contributed by atoms with van der Waals surface area (Å²) in [6, 6.07) is 9.29. The predicted octanol–water partition coefficient (Wildman–Crippen LogP) is 5.25. The third-order valence-electron chi connectivity index (χ3n) is 7.17. The Labute approximate surface area is 171 Å². The fourth-order valence-electron chi connectivity index (χ4n) is 6.21. The molecule has 0 radical (unpaired) electrons. The molecule has 6 rings (SSSR count). The quantitative estimate of drug-likeness (QED) is 0.711. The summed E-state index contributed by atoms with van der Waals surface area (Å²) in [5, 5.41) is 0. The third-order valence-corrected chi connectivity index (χ3v) is 7.17. The predicted molar refractivity (Wildman–Crippen MR) is 109 cm³/mol. The maximum absolute atomic E-state index is 14.4. The minimum atomic E-state index is -0.636. The van der Waals surface area contributed by atoms with Crippen molar-refractivity contribution < 1.29 is 13.9 Å². The van der Waals surface area contributed by atoms with Crippen LogP contribution in [-0.4, -0.2) is 29.9 Å². The van der Waals surface area contributed by atoms with Crippen LogP contribution in [0.3, 0.4) is 0 Å². The average molecular weight is 394 g/mol. The lowest BCUT2D eigenvalue weighted by molar-refractivity contribution is -0.00279. The average Bonchev–Trinajstić information content (AvgIpc) is 2.69. The molecule has 0 saturated heterocycles. The minimum absolute atomic E-state index is 0.109. The molecule has 0 unspecified atom stereocenters. The topological polar surface area (TPSA) is 42.4 Å². The molecule has 0 atom stereocenters. The highest BCUT2D eigenvalue weighted by Crippen LogP contribution is 2.59. The summed E-state index contributed by atoms with van der Waals surface area (Å²) in [7, 11) is 3.24. The number of hydrogen-bond acceptors (Lipinski definition) is 3. The van der Waals surface area contributed by atoms with Crippen LogP contribution in [0, 0.1) is 29.5 Å². The van der Waals surface area contributed by atoms with E-state index in [0.717, 1.165) is 23.7 Å². The van der Waals surface area contributed by atoms with Crippen LogP contribution < -0.4 is 4.74 Å². The zero-order valence-electron chi connectivity index (χ0n) is 17.0. The summed E-state index contributed by atoms with van der Waals surface area (Å²) in [5.41, 5.74) is 1.60. The van der Waals surface area contributed by atoms with Gasteiger partial charge in [-0.1, -0.05) is 12.1 Å². The van der Waals surface area contributed by atoms with Crippen LogP contribution in [0.25, 0.3) is 0 Å². The summed E-state index contributed by atoms with van der Waals surface area (Å²) in [5.74, 6) is 3.80. The Bertz CT molecular complexity index is 897. The van der Waals surface area contributed by atoms with Gasteiger partial charge in [-0.15, -0.1) is 0 Å². The Morgan fingerprint density at radius 3 is 2.21 bits per heavy atom. The van der Waals surface area contributed by atoms with Gasteiger partial charge in [0.1, 0.15) is 5.75 Å². The number of ether oxygens (including phenoxy) is 1. The first-order valence-electron chi connectivity index (χ1n) is 10.6. The zero-order chi connectivity index (χ0) is 20.1. The maximum atomic E-state index is 14.4. The summed E-state index contributed by atoms with van der Waals surface area (Å²) >= 11 is 0. The van der Waals surface area contributed by atoms with Crippen LogP contribution in [0.15, 0.2) is 36.5 Å². The number of carbonyl (C=O) groups excluding carboxylic acids is 1. The normalized spacial score (nSPS) is 29.7. The molecule has 29 heavy (non-hydrogen) atoms. The van der Waals surface area contributed by atoms with E-state index in [0.29, 0.717) is 11.7 Å². The van der Waals surface area contributed by atoms with Crippen molar-refractivity contribution in [3.05, 3.63) is 53.5 Å². The Balaban J connectivity index is 1.31. The van der Waals surface area contributed by atoms with Crippen molar-refractivity contribution >= 4 is 5.91 Å². The summed E-state index contributed by atoms with van der Waals surface area (Å²) < 4.78 is 20.0. The molecule has 5 heteroatoms. The van der Waals surface area contributed by atoms with Crippen molar-refractivity contribution in [3.63, 3.8) is 0 Å². The van der Waals surface area contributed by atoms with Crippen molar-refractivity contribution in [3.8, 4) is 11.6 Å². The highest BCUT2D eigenvalue weighted by Gasteiger charge is 2.48. The van der Waals surface area contributed by atoms with Crippen molar-refractivity contribution in [2.45, 2.75) is 38.0 Å². The van der Waals surface area contributed by atoms with Gasteiger partial charge in [-0.2, -0.15) is 0 Å². The monoisotopic (exact) mass is 394 g/mol. The molecule has 1 aromatic heterocycles. The number of benzene rings is 1. The van der Waals surface area contributed by atoms with Gasteiger partial charge in [-0.05, 0) is 85.5 Å². The molecule has 1 amide bonds. The van der Waals surface area contributed by atoms with Gasteiger partial charge in [0.05, 0.1) is 5.56 Å². The molecule has 4 nitrogen and oxygen atoms in total. The number of pyridine rings is 1. The van der Waals surface area contributed by atoms with Gasteiger partial charge in [0.25, 0.3) is 11.8 Å². The Morgan fingerprint density at radius 1 is 1.03 bits per heavy atom. The number of carbonyl (C=O) groups is 1. The van der Waals surface area contributed by atoms with Crippen LogP contribution in [0.1, 0.15) is 53.9 Å². The maximum Gasteiger partial charge on any atom is 0.255 e. The van der Waals surface area contributed by atoms with Gasteiger partial charge in [-0.3, -0.25) is 4.79 Å². The van der Waals surface area contributed by atoms with Crippen molar-refractivity contribution in [2.75, 3.05) is 14.1 Å². The number of aromatic nitrogens is 1. The van der Waals surface area contributed by atoms with Gasteiger partial charge < -0.3 is 9.64 Å². The molecule has 4 bridgehead atoms. The van der Waals surface area contributed by atoms with E-state index in [1.165, 1.54) is 54.8 Å². The second-order valence-electron chi connectivity index (χ2n) is 9.34. The van der Waals surface area contributed by atoms with E-state index < -0.39 is 5.82 Å². The zero-order valence-corrected chi connectivity index (χ0v) is 17.0. The molecule has 4 saturated carbocycles. The van der Waals surface area contributed by atoms with Gasteiger partial charge >= 0.3 is 0 Å². The van der Waals surface area contributed by atoms with E-state index in [9.17, 15) is 9.18 Å². The first-order valence-corrected chi connectivity index (χ1v) is 10.6. The van der Waals surface area contributed by atoms with E-state index in [1.807, 2.05) is 12.1 Å². The van der Waals surface area contributed by atoms with E-state index in [4.69, 9.17) is 4.74 Å². The number of hydrogen-bond donors (Lipinski definition) is 0. The Morgan fingerprint density at radius 2 is 1.66 bits per heavy atom. The molecule has 4 aliphatic rings. The van der Waals surface area contributed by atoms with Gasteiger partial charge in [0.2, 0.25) is 0 Å². The van der Waals surface area contributed by atoms with E-state index in [1.54, 1.807) is 14.1 Å². The fourth-order valence-corrected chi connectivity index (χ4v) is 6.21. The molecule has 4 aliphatic carbocycles. The lowest BCUT2D eigenvalue weighted by atomic mass is 9.51. The molecule has 0 aliphatic heterocycles. The number of nitrogens with zero attached hydrogens (tertiary/aromatic N) is 2. The van der Waals surface area contributed by atoms with E-state index in [-0.39, 0.29) is 17.4 Å². The Hall–Kier alpha value is -2.43. The Kier molecular flexibility index (Phi) is 4.56. The lowest BCUT2D eigenvalue weighted by Crippen LogP contribution is -2.43. The van der Waals surface area contributed by atoms with Gasteiger partial charge in [-0.25, -0.2) is 9.37 Å². The largest absolute Gasteiger partial charge is 0.436 e. The van der Waals surface area contributed by atoms with Crippen LogP contribution in [0.2, 0.25) is 0 Å². The van der Waals surface area contributed by atoms with Crippen molar-refractivity contribution in [1.82, 2.24) is 9.88 Å². The third kappa shape index (κ3) is 3.41. The highest BCUT2D eigenvalue weighted by atomic mass is 19.1. The fraction of sp³-hybridized carbons (Fsp3) is 0.500. The number of halogens is 1. The molecule has 0 spiro atoms. The summed E-state index contributed by atoms with van der Waals surface area (Å²) in [6.07, 6.45) is 8.38. The van der Waals surface area contributed by atoms with Crippen LogP contribution in [0.5, 0.6) is 11.6 Å². The van der Waals surface area contributed by atoms with Gasteiger partial charge in [0.15, 0.2) is 5.82 Å². The molecule has 152 valence electrons. The number of amides is 1. The molecule has 1 heterocycles. The molecule has 4 fully saturated rings. The minimum Gasteiger partial charge on any atom is -0.436 e. The van der Waals surface area contributed by atoms with Crippen molar-refractivity contribution in [2.24, 2.45) is 23.7 Å². The summed E-state index contributed by atoms with van der Waals surface area (Å²) in [6.45, 7) is 0. The first-order chi connectivity index (χ1) is 14.0. The molecular weight excluding hydrogens is 367 g/mol. The van der Waals surface area contributed by atoms with E-state index >= 15 is 0 Å². The smallest absolute Gasteiger partial charge is 0.255 e. The van der Waals surface area contributed by atoms with Crippen LogP contribution >= 0.6 is 0 Å². The number of rotatable bonds is 4. The van der Waals surface area contributed by atoms with Gasteiger partial charge in [0, 0.05) is 20.3 Å². The van der Waals surface area contributed by atoms with Crippen molar-refractivity contribution in [1.29, 1.82) is 0 Å². The second kappa shape index (κ2) is 7.12. The van der Waals surface area contributed by atoms with E-state index in [2.05, 4.69) is 17.1 Å². The molecule has 0 N–H and O–H groups in total. The second-order valence-corrected chi connectivity index (χ2v) is 9.34. The van der Waals surface area contributed by atoms with Crippen LogP contribution in [0.4, 0.5) is 4.39 Å². The first kappa shape index (κ1) is 18.6. The lowest BCUT2D eigenvalue weighted by Gasteiger charge is -2.54. The molecule has 1 aromatic carbocycles. The standard InChI is InChI=1S/C24H27FN2O2/c1-27(2)24(28)19-12-21(25)23(26-13-19)29-20-5-3-16(4-6-20)22-17-8-14-7-15(10-17)11-18(22)9-14/h3-6,12-15,17-18,22H,7-11H2,1-2H3. The molecule has 2 aromatic rings. The summed E-state index contributed by atoms with van der Waals surface area (Å²) in [4.78, 5) is 17.3. The van der Waals surface area contributed by atoms with Crippen LogP contribution in [-0.2, 0) is 0 Å². The highest BCUT2D eigenvalue weighted by molar-refractivity contribution is 5.93. The SMILES string of the molecule is CN(C)C(=O)c1cnc(Oc2ccc(C3C4CC5CC(C4)CC3C5)cc2)c(F)c1.